The predicted molar refractivity (Wildman–Crippen MR) is 84.6 cm³/mol. The maximum absolute atomic E-state index is 12.1. The van der Waals surface area contributed by atoms with Crippen LogP contribution in [0.1, 0.15) is 17.3 Å². The van der Waals surface area contributed by atoms with E-state index in [1.807, 2.05) is 6.07 Å². The minimum absolute atomic E-state index is 0.104. The number of non-ortho nitro benzene ring substituents is 1. The van der Waals surface area contributed by atoms with Crippen molar-refractivity contribution in [3.63, 3.8) is 0 Å². The molecular formula is C15H13AsN2O4. The fourth-order valence-corrected chi connectivity index (χ4v) is 2.04. The van der Waals surface area contributed by atoms with Crippen molar-refractivity contribution in [2.75, 3.05) is 5.32 Å². The molecular weight excluding hydrogens is 347 g/mol. The molecule has 7 heteroatoms. The van der Waals surface area contributed by atoms with E-state index < -0.39 is 4.92 Å². The number of para-hydroxylation sites is 1. The molecule has 0 bridgehead atoms. The summed E-state index contributed by atoms with van der Waals surface area (Å²) >= 11 is 2.23. The molecule has 112 valence electrons. The van der Waals surface area contributed by atoms with Crippen molar-refractivity contribution < 1.29 is 14.5 Å². The quantitative estimate of drug-likeness (QED) is 0.392. The van der Waals surface area contributed by atoms with Gasteiger partial charge in [-0.25, -0.2) is 0 Å². The summed E-state index contributed by atoms with van der Waals surface area (Å²) in [5.74, 6) is -0.370. The molecule has 0 fully saturated rings. The van der Waals surface area contributed by atoms with Crippen LogP contribution in [0.25, 0.3) is 0 Å². The Balaban J connectivity index is 0.000000745. The van der Waals surface area contributed by atoms with Crippen molar-refractivity contribution in [1.29, 1.82) is 0 Å². The molecule has 0 unspecified atom stereocenters. The monoisotopic (exact) mass is 360 g/mol. The average Bonchev–Trinajstić information content (AvgIpc) is 2.49. The Kier molecular flexibility index (Phi) is 6.99. The van der Waals surface area contributed by atoms with E-state index >= 15 is 0 Å². The summed E-state index contributed by atoms with van der Waals surface area (Å²) in [6.07, 6.45) is 0.750. The van der Waals surface area contributed by atoms with E-state index in [-0.39, 0.29) is 17.2 Å². The van der Waals surface area contributed by atoms with Crippen LogP contribution in [0, 0.1) is 10.1 Å². The first-order chi connectivity index (χ1) is 10.5. The molecule has 0 atom stereocenters. The topological polar surface area (TPSA) is 89.3 Å². The van der Waals surface area contributed by atoms with Gasteiger partial charge < -0.3 is 4.79 Å². The molecule has 0 aliphatic rings. The molecule has 2 radical (unpaired) electrons. The molecule has 0 spiro atoms. The standard InChI is InChI=1S/C13H9AsN2O3.C2H4O/c14-12-7-6-10(16(18)19)8-11(12)13(17)15-9-4-2-1-3-5-9;1-2-3/h1-8H,(H,15,17);2H,1H3. The normalized spacial score (nSPS) is 9.18. The van der Waals surface area contributed by atoms with Crippen molar-refractivity contribution in [1.82, 2.24) is 0 Å². The summed E-state index contributed by atoms with van der Waals surface area (Å²) in [6.45, 7) is 1.44. The fraction of sp³-hybridized carbons (Fsp3) is 0.0667. The molecule has 6 nitrogen and oxygen atoms in total. The van der Waals surface area contributed by atoms with E-state index in [4.69, 9.17) is 4.79 Å². The molecule has 2 aromatic carbocycles. The summed E-state index contributed by atoms with van der Waals surface area (Å²) < 4.78 is 0.631. The Hall–Kier alpha value is -2.46. The van der Waals surface area contributed by atoms with Gasteiger partial charge in [-0.1, -0.05) is 0 Å². The van der Waals surface area contributed by atoms with Crippen LogP contribution in [0.4, 0.5) is 11.4 Å². The Morgan fingerprint density at radius 3 is 2.36 bits per heavy atom. The number of carbonyl (C=O) groups is 2. The second-order valence-electron chi connectivity index (χ2n) is 4.01. The number of nitro groups is 1. The first-order valence-corrected chi connectivity index (χ1v) is 7.17. The average molecular weight is 360 g/mol. The summed E-state index contributed by atoms with van der Waals surface area (Å²) in [6, 6.07) is 13.1. The van der Waals surface area contributed by atoms with E-state index in [1.54, 1.807) is 24.3 Å². The molecule has 1 amide bonds. The fourth-order valence-electron chi connectivity index (χ4n) is 1.54. The Morgan fingerprint density at radius 2 is 1.82 bits per heavy atom. The number of carbonyl (C=O) groups excluding carboxylic acids is 2. The van der Waals surface area contributed by atoms with Crippen LogP contribution in [0.5, 0.6) is 0 Å². The van der Waals surface area contributed by atoms with Gasteiger partial charge in [0.1, 0.15) is 6.29 Å². The molecule has 1 N–H and O–H groups in total. The zero-order valence-electron chi connectivity index (χ0n) is 11.7. The Labute approximate surface area is 136 Å². The first kappa shape index (κ1) is 17.6. The van der Waals surface area contributed by atoms with Crippen molar-refractivity contribution in [3.8, 4) is 0 Å². The number of aldehydes is 1. The SMILES string of the molecule is CC=O.O=C(Nc1ccccc1)c1cc([N+](=O)[O-])ccc1[As]. The van der Waals surface area contributed by atoms with Crippen molar-refractivity contribution in [3.05, 3.63) is 64.2 Å². The molecule has 2 aromatic rings. The van der Waals surface area contributed by atoms with Gasteiger partial charge in [0.05, 0.1) is 0 Å². The van der Waals surface area contributed by atoms with Gasteiger partial charge in [0, 0.05) is 0 Å². The van der Waals surface area contributed by atoms with Gasteiger partial charge in [-0.15, -0.1) is 0 Å². The van der Waals surface area contributed by atoms with Crippen LogP contribution in [-0.2, 0) is 4.79 Å². The first-order valence-electron chi connectivity index (χ1n) is 6.23. The Bertz CT molecular complexity index is 674. The van der Waals surface area contributed by atoms with Crippen LogP contribution in [0.15, 0.2) is 48.5 Å². The second-order valence-corrected chi connectivity index (χ2v) is 5.03. The summed E-state index contributed by atoms with van der Waals surface area (Å²) in [5, 5.41) is 13.4. The number of hydrogen-bond acceptors (Lipinski definition) is 4. The molecule has 0 saturated heterocycles. The predicted octanol–water partition coefficient (Wildman–Crippen LogP) is 1.85. The molecule has 0 heterocycles. The third-order valence-electron chi connectivity index (χ3n) is 2.47. The van der Waals surface area contributed by atoms with Crippen molar-refractivity contribution in [2.45, 2.75) is 6.92 Å². The van der Waals surface area contributed by atoms with E-state index in [0.29, 0.717) is 10.0 Å². The van der Waals surface area contributed by atoms with Gasteiger partial charge in [-0.05, 0) is 6.92 Å². The number of nitrogens with zero attached hydrogens (tertiary/aromatic N) is 1. The molecule has 0 saturated carbocycles. The number of nitro benzene ring substituents is 1. The number of nitrogens with one attached hydrogen (secondary N) is 1. The molecule has 0 aromatic heterocycles. The summed E-state index contributed by atoms with van der Waals surface area (Å²) in [5.41, 5.74) is 0.817. The van der Waals surface area contributed by atoms with E-state index in [0.717, 1.165) is 6.29 Å². The third-order valence-corrected chi connectivity index (χ3v) is 3.29. The van der Waals surface area contributed by atoms with Gasteiger partial charge in [0.25, 0.3) is 0 Å². The van der Waals surface area contributed by atoms with Crippen LogP contribution in [-0.4, -0.2) is 34.0 Å². The van der Waals surface area contributed by atoms with Crippen molar-refractivity contribution in [2.24, 2.45) is 0 Å². The minimum atomic E-state index is -0.522. The van der Waals surface area contributed by atoms with Gasteiger partial charge in [0.15, 0.2) is 0 Å². The van der Waals surface area contributed by atoms with Gasteiger partial charge in [-0.3, -0.25) is 0 Å². The Morgan fingerprint density at radius 1 is 1.23 bits per heavy atom. The third kappa shape index (κ3) is 5.14. The molecule has 2 rings (SSSR count). The number of hydrogen-bond donors (Lipinski definition) is 1. The molecule has 22 heavy (non-hydrogen) atoms. The zero-order chi connectivity index (χ0) is 16.5. The molecule has 0 aliphatic heterocycles. The van der Waals surface area contributed by atoms with Crippen molar-refractivity contribution >= 4 is 44.8 Å². The summed E-state index contributed by atoms with van der Waals surface area (Å²) in [4.78, 5) is 31.1. The maximum atomic E-state index is 12.1. The van der Waals surface area contributed by atoms with E-state index in [1.165, 1.54) is 25.1 Å². The number of anilines is 1. The number of rotatable bonds is 3. The molecule has 0 aliphatic carbocycles. The summed E-state index contributed by atoms with van der Waals surface area (Å²) in [7, 11) is 0. The zero-order valence-corrected chi connectivity index (χ0v) is 13.6. The van der Waals surface area contributed by atoms with E-state index in [9.17, 15) is 14.9 Å². The van der Waals surface area contributed by atoms with E-state index in [2.05, 4.69) is 22.2 Å². The number of benzene rings is 2. The van der Waals surface area contributed by atoms with Crippen LogP contribution in [0.2, 0.25) is 0 Å². The van der Waals surface area contributed by atoms with Crippen LogP contribution in [0.3, 0.4) is 0 Å². The van der Waals surface area contributed by atoms with Gasteiger partial charge >= 0.3 is 118 Å². The second kappa shape index (κ2) is 8.74. The van der Waals surface area contributed by atoms with Crippen LogP contribution >= 0.6 is 0 Å². The van der Waals surface area contributed by atoms with Gasteiger partial charge in [0.2, 0.25) is 0 Å². The number of amides is 1. The van der Waals surface area contributed by atoms with Gasteiger partial charge in [-0.2, -0.15) is 0 Å². The van der Waals surface area contributed by atoms with Crippen LogP contribution < -0.4 is 9.67 Å².